The van der Waals surface area contributed by atoms with Crippen molar-refractivity contribution in [3.05, 3.63) is 77.4 Å². The molecule has 0 atom stereocenters. The number of aromatic nitrogens is 4. The van der Waals surface area contributed by atoms with Crippen LogP contribution in [0.4, 0.5) is 11.6 Å². The van der Waals surface area contributed by atoms with Crippen LogP contribution in [0.1, 0.15) is 46.3 Å². The quantitative estimate of drug-likeness (QED) is 0.419. The normalized spacial score (nSPS) is 19.9. The maximum atomic E-state index is 13.5. The van der Waals surface area contributed by atoms with Gasteiger partial charge in [0.15, 0.2) is 5.78 Å². The summed E-state index contributed by atoms with van der Waals surface area (Å²) >= 11 is 0. The fraction of sp³-hybridized carbons (Fsp3) is 0.231. The van der Waals surface area contributed by atoms with Crippen LogP contribution in [-0.2, 0) is 16.8 Å². The second-order valence-corrected chi connectivity index (χ2v) is 9.41. The highest BCUT2D eigenvalue weighted by Crippen LogP contribution is 2.63. The van der Waals surface area contributed by atoms with E-state index in [4.69, 9.17) is 11.0 Å². The highest BCUT2D eigenvalue weighted by atomic mass is 16.1. The van der Waals surface area contributed by atoms with Gasteiger partial charge in [-0.1, -0.05) is 12.1 Å². The van der Waals surface area contributed by atoms with Crippen LogP contribution in [0.5, 0.6) is 0 Å². The number of hydrogen-bond donors (Lipinski definition) is 2. The molecule has 0 saturated heterocycles. The molecule has 1 amide bonds. The Morgan fingerprint density at radius 1 is 1.17 bits per heavy atom. The molecule has 0 spiro atoms. The Hall–Kier alpha value is -4.58. The number of nitrogen functional groups attached to an aromatic ring is 1. The van der Waals surface area contributed by atoms with Crippen LogP contribution in [0.3, 0.4) is 0 Å². The van der Waals surface area contributed by atoms with E-state index in [1.54, 1.807) is 36.5 Å². The van der Waals surface area contributed by atoms with Gasteiger partial charge in [0.1, 0.15) is 5.65 Å². The highest BCUT2D eigenvalue weighted by molar-refractivity contribution is 6.16. The van der Waals surface area contributed by atoms with Crippen LogP contribution in [0, 0.1) is 17.2 Å². The van der Waals surface area contributed by atoms with Gasteiger partial charge in [0.2, 0.25) is 11.9 Å². The Labute approximate surface area is 200 Å². The maximum Gasteiger partial charge on any atom is 0.228 e. The lowest BCUT2D eigenvalue weighted by Crippen LogP contribution is -2.59. The van der Waals surface area contributed by atoms with Crippen molar-refractivity contribution in [2.75, 3.05) is 11.1 Å². The van der Waals surface area contributed by atoms with Gasteiger partial charge in [-0.15, -0.1) is 0 Å². The fourth-order valence-electron chi connectivity index (χ4n) is 5.17. The SMILES string of the molecule is N#Cc1ccc(CC(=O)Nc2cncc(C(=O)c3cn(C45CC(C4)C5)c4nc(N)ncc34)c2)cc1. The van der Waals surface area contributed by atoms with E-state index in [1.807, 2.05) is 6.20 Å². The fourth-order valence-corrected chi connectivity index (χ4v) is 5.17. The van der Waals surface area contributed by atoms with Crippen molar-refractivity contribution >= 4 is 34.4 Å². The molecule has 3 heterocycles. The van der Waals surface area contributed by atoms with Crippen LogP contribution in [0.25, 0.3) is 11.0 Å². The largest absolute Gasteiger partial charge is 0.368 e. The molecule has 3 saturated carbocycles. The molecule has 0 aliphatic heterocycles. The molecule has 3 N–H and O–H groups in total. The summed E-state index contributed by atoms with van der Waals surface area (Å²) in [6.45, 7) is 0. The summed E-state index contributed by atoms with van der Waals surface area (Å²) < 4.78 is 2.10. The van der Waals surface area contributed by atoms with Crippen molar-refractivity contribution in [2.45, 2.75) is 31.2 Å². The van der Waals surface area contributed by atoms with E-state index in [-0.39, 0.29) is 29.6 Å². The van der Waals surface area contributed by atoms with Crippen molar-refractivity contribution in [1.29, 1.82) is 5.26 Å². The minimum absolute atomic E-state index is 0.0295. The number of nitrogens with two attached hydrogens (primary N) is 1. The third kappa shape index (κ3) is 3.51. The van der Waals surface area contributed by atoms with Crippen molar-refractivity contribution < 1.29 is 9.59 Å². The first-order valence-electron chi connectivity index (χ1n) is 11.4. The van der Waals surface area contributed by atoms with Gasteiger partial charge < -0.3 is 15.6 Å². The molecule has 1 aromatic carbocycles. The minimum atomic E-state index is -0.245. The molecule has 3 aliphatic carbocycles. The molecule has 35 heavy (non-hydrogen) atoms. The Kier molecular flexibility index (Phi) is 4.64. The summed E-state index contributed by atoms with van der Waals surface area (Å²) in [6.07, 6.45) is 9.88. The lowest BCUT2D eigenvalue weighted by Gasteiger charge is -2.62. The number of nitriles is 1. The molecule has 0 unspecified atom stereocenters. The number of nitrogens with zero attached hydrogens (tertiary/aromatic N) is 5. The number of carbonyl (C=O) groups excluding carboxylic acids is 2. The zero-order valence-electron chi connectivity index (χ0n) is 18.7. The van der Waals surface area contributed by atoms with E-state index in [0.717, 1.165) is 30.7 Å². The molecule has 3 fully saturated rings. The Balaban J connectivity index is 1.25. The predicted molar refractivity (Wildman–Crippen MR) is 128 cm³/mol. The number of nitrogens with one attached hydrogen (secondary N) is 1. The van der Waals surface area contributed by atoms with Crippen molar-refractivity contribution in [1.82, 2.24) is 19.5 Å². The zero-order chi connectivity index (χ0) is 24.2. The molecular formula is C26H21N7O2. The standard InChI is InChI=1S/C26H21N7O2/c27-10-16-3-1-15(2-4-16)5-22(34)31-19-6-18(11-29-12-19)23(35)21-14-33(26-7-17(8-26)9-26)24-20(21)13-30-25(28)32-24/h1-4,6,11-14,17H,5,7-9H2,(H,31,34)(H2,28,30,32). The van der Waals surface area contributed by atoms with Crippen LogP contribution in [0.2, 0.25) is 0 Å². The summed E-state index contributed by atoms with van der Waals surface area (Å²) in [5.74, 6) is 0.477. The van der Waals surface area contributed by atoms with Crippen LogP contribution in [-0.4, -0.2) is 31.2 Å². The number of hydrogen-bond acceptors (Lipinski definition) is 7. The third-order valence-electron chi connectivity index (χ3n) is 7.06. The lowest BCUT2D eigenvalue weighted by atomic mass is 9.49. The molecule has 2 bridgehead atoms. The first-order valence-corrected chi connectivity index (χ1v) is 11.4. The van der Waals surface area contributed by atoms with Gasteiger partial charge in [0, 0.05) is 35.1 Å². The number of pyridine rings is 1. The summed E-state index contributed by atoms with van der Waals surface area (Å²) in [6, 6.07) is 10.5. The molecule has 3 aliphatic rings. The van der Waals surface area contributed by atoms with Crippen molar-refractivity contribution in [3.63, 3.8) is 0 Å². The Morgan fingerprint density at radius 3 is 2.63 bits per heavy atom. The van der Waals surface area contributed by atoms with E-state index < -0.39 is 0 Å². The summed E-state index contributed by atoms with van der Waals surface area (Å²) in [5.41, 5.74) is 9.16. The molecule has 9 nitrogen and oxygen atoms in total. The van der Waals surface area contributed by atoms with Crippen molar-refractivity contribution in [2.24, 2.45) is 5.92 Å². The van der Waals surface area contributed by atoms with Crippen LogP contribution in [0.15, 0.2) is 55.1 Å². The first kappa shape index (κ1) is 21.0. The zero-order valence-corrected chi connectivity index (χ0v) is 18.7. The van der Waals surface area contributed by atoms with E-state index in [9.17, 15) is 9.59 Å². The highest BCUT2D eigenvalue weighted by Gasteiger charge is 2.58. The second kappa shape index (κ2) is 7.74. The van der Waals surface area contributed by atoms with E-state index in [2.05, 4.69) is 30.9 Å². The van der Waals surface area contributed by atoms with Gasteiger partial charge in [-0.25, -0.2) is 4.98 Å². The molecule has 9 heteroatoms. The summed E-state index contributed by atoms with van der Waals surface area (Å²) in [5, 5.41) is 12.4. The molecule has 0 radical (unpaired) electrons. The number of anilines is 2. The van der Waals surface area contributed by atoms with Gasteiger partial charge >= 0.3 is 0 Å². The number of ketones is 1. The third-order valence-corrected chi connectivity index (χ3v) is 7.06. The molecule has 4 aromatic rings. The van der Waals surface area contributed by atoms with Crippen LogP contribution < -0.4 is 11.1 Å². The molecule has 3 aromatic heterocycles. The average Bonchev–Trinajstić information content (AvgIpc) is 3.15. The monoisotopic (exact) mass is 463 g/mol. The predicted octanol–water partition coefficient (Wildman–Crippen LogP) is 3.20. The number of carbonyl (C=O) groups is 2. The van der Waals surface area contributed by atoms with Gasteiger partial charge in [-0.3, -0.25) is 14.6 Å². The number of benzene rings is 1. The molecule has 7 rings (SSSR count). The van der Waals surface area contributed by atoms with E-state index >= 15 is 0 Å². The van der Waals surface area contributed by atoms with Gasteiger partial charge in [-0.05, 0) is 48.9 Å². The minimum Gasteiger partial charge on any atom is -0.368 e. The average molecular weight is 464 g/mol. The van der Waals surface area contributed by atoms with E-state index in [1.165, 1.54) is 12.4 Å². The number of fused-ring (bicyclic) bond motifs is 1. The smallest absolute Gasteiger partial charge is 0.228 e. The number of amides is 1. The summed E-state index contributed by atoms with van der Waals surface area (Å²) in [7, 11) is 0. The van der Waals surface area contributed by atoms with Crippen molar-refractivity contribution in [3.8, 4) is 6.07 Å². The maximum absolute atomic E-state index is 13.5. The van der Waals surface area contributed by atoms with Crippen LogP contribution >= 0.6 is 0 Å². The first-order chi connectivity index (χ1) is 16.9. The lowest BCUT2D eigenvalue weighted by molar-refractivity contribution is -0.115. The number of rotatable bonds is 6. The molecule has 172 valence electrons. The summed E-state index contributed by atoms with van der Waals surface area (Å²) in [4.78, 5) is 38.8. The Bertz CT molecular complexity index is 1530. The van der Waals surface area contributed by atoms with Gasteiger partial charge in [0.05, 0.1) is 35.5 Å². The van der Waals surface area contributed by atoms with Gasteiger partial charge in [0.25, 0.3) is 0 Å². The topological polar surface area (TPSA) is 140 Å². The van der Waals surface area contributed by atoms with E-state index in [0.29, 0.717) is 33.4 Å². The molecular weight excluding hydrogens is 442 g/mol. The Morgan fingerprint density at radius 2 is 1.94 bits per heavy atom. The van der Waals surface area contributed by atoms with Gasteiger partial charge in [-0.2, -0.15) is 10.2 Å². The second-order valence-electron chi connectivity index (χ2n) is 9.41.